The number of nitrogens with zero attached hydrogens (tertiary/aromatic N) is 1. The van der Waals surface area contributed by atoms with Gasteiger partial charge in [-0.05, 0) is 18.2 Å². The lowest BCUT2D eigenvalue weighted by Gasteiger charge is -2.07. The molecule has 0 unspecified atom stereocenters. The number of aromatic nitrogens is 2. The van der Waals surface area contributed by atoms with E-state index in [1.54, 1.807) is 42.5 Å². The van der Waals surface area contributed by atoms with Crippen LogP contribution in [0.5, 0.6) is 5.75 Å². The molecule has 0 bridgehead atoms. The van der Waals surface area contributed by atoms with Crippen molar-refractivity contribution >= 4 is 16.8 Å². The Morgan fingerprint density at radius 2 is 1.88 bits per heavy atom. The van der Waals surface area contributed by atoms with Crippen molar-refractivity contribution in [2.24, 2.45) is 0 Å². The quantitative estimate of drug-likeness (QED) is 0.668. The van der Waals surface area contributed by atoms with E-state index in [1.165, 1.54) is 0 Å². The molecule has 2 aromatic carbocycles. The van der Waals surface area contributed by atoms with Gasteiger partial charge >= 0.3 is 0 Å². The van der Waals surface area contributed by atoms with Crippen molar-refractivity contribution in [3.63, 3.8) is 0 Å². The van der Waals surface area contributed by atoms with E-state index in [0.29, 0.717) is 28.7 Å². The summed E-state index contributed by atoms with van der Waals surface area (Å²) in [5.41, 5.74) is 1.07. The van der Waals surface area contributed by atoms with E-state index < -0.39 is 0 Å². The van der Waals surface area contributed by atoms with Crippen molar-refractivity contribution in [1.29, 1.82) is 0 Å². The molecule has 1 aromatic heterocycles. The average molecular weight is 323 g/mol. The summed E-state index contributed by atoms with van der Waals surface area (Å²) >= 11 is 0. The zero-order valence-electron chi connectivity index (χ0n) is 13.0. The van der Waals surface area contributed by atoms with E-state index in [4.69, 9.17) is 0 Å². The number of phenols is 1. The average Bonchev–Trinajstić information content (AvgIpc) is 2.59. The van der Waals surface area contributed by atoms with Crippen molar-refractivity contribution in [3.05, 3.63) is 70.3 Å². The number of H-pyrrole nitrogens is 1. The van der Waals surface area contributed by atoms with Crippen LogP contribution in [-0.4, -0.2) is 21.0 Å². The first-order valence-electron chi connectivity index (χ1n) is 7.65. The fraction of sp³-hybridized carbons (Fsp3) is 0.167. The Balaban J connectivity index is 1.60. The van der Waals surface area contributed by atoms with E-state index in [2.05, 4.69) is 15.3 Å². The predicted octanol–water partition coefficient (Wildman–Crippen LogP) is 1.88. The third-order valence-electron chi connectivity index (χ3n) is 3.72. The van der Waals surface area contributed by atoms with Gasteiger partial charge in [0.1, 0.15) is 11.6 Å². The number of para-hydroxylation sites is 2. The minimum Gasteiger partial charge on any atom is -0.508 e. The first-order chi connectivity index (χ1) is 11.6. The molecule has 0 spiro atoms. The number of aromatic hydroxyl groups is 1. The van der Waals surface area contributed by atoms with Gasteiger partial charge < -0.3 is 15.4 Å². The van der Waals surface area contributed by atoms with Crippen LogP contribution in [0.3, 0.4) is 0 Å². The monoisotopic (exact) mass is 323 g/mol. The molecular formula is C18H17N3O3. The Bertz CT molecular complexity index is 934. The Morgan fingerprint density at radius 3 is 2.71 bits per heavy atom. The number of hydrogen-bond acceptors (Lipinski definition) is 4. The normalized spacial score (nSPS) is 10.7. The molecular weight excluding hydrogens is 306 g/mol. The Labute approximate surface area is 138 Å². The number of amides is 1. The molecule has 3 N–H and O–H groups in total. The van der Waals surface area contributed by atoms with Crippen LogP contribution < -0.4 is 10.9 Å². The summed E-state index contributed by atoms with van der Waals surface area (Å²) in [6, 6.07) is 13.9. The van der Waals surface area contributed by atoms with Gasteiger partial charge in [0.2, 0.25) is 5.91 Å². The molecule has 0 saturated carbocycles. The van der Waals surface area contributed by atoms with E-state index in [-0.39, 0.29) is 30.2 Å². The fourth-order valence-corrected chi connectivity index (χ4v) is 2.43. The highest BCUT2D eigenvalue weighted by Crippen LogP contribution is 2.14. The highest BCUT2D eigenvalue weighted by molar-refractivity contribution is 5.78. The maximum atomic E-state index is 12.0. The fourth-order valence-electron chi connectivity index (χ4n) is 2.43. The second-order valence-corrected chi connectivity index (χ2v) is 5.44. The largest absolute Gasteiger partial charge is 0.508 e. The van der Waals surface area contributed by atoms with Crippen molar-refractivity contribution < 1.29 is 9.90 Å². The van der Waals surface area contributed by atoms with Crippen molar-refractivity contribution in [1.82, 2.24) is 15.3 Å². The van der Waals surface area contributed by atoms with Crippen molar-refractivity contribution in [2.45, 2.75) is 19.4 Å². The van der Waals surface area contributed by atoms with E-state index in [0.717, 1.165) is 0 Å². The Morgan fingerprint density at radius 1 is 1.12 bits per heavy atom. The number of aromatic amines is 1. The van der Waals surface area contributed by atoms with Gasteiger partial charge in [-0.2, -0.15) is 0 Å². The molecule has 0 aliphatic rings. The first kappa shape index (κ1) is 15.7. The molecule has 3 aromatic rings. The molecule has 0 fully saturated rings. The molecule has 122 valence electrons. The minimum atomic E-state index is -0.204. The predicted molar refractivity (Wildman–Crippen MR) is 90.6 cm³/mol. The summed E-state index contributed by atoms with van der Waals surface area (Å²) in [5.74, 6) is 0.462. The second kappa shape index (κ2) is 6.95. The number of phenolic OH excluding ortho intramolecular Hbond substituents is 1. The highest BCUT2D eigenvalue weighted by Gasteiger charge is 2.07. The lowest BCUT2D eigenvalue weighted by atomic mass is 10.2. The molecule has 6 heteroatoms. The van der Waals surface area contributed by atoms with E-state index in [1.807, 2.05) is 6.07 Å². The maximum Gasteiger partial charge on any atom is 0.258 e. The zero-order chi connectivity index (χ0) is 16.9. The number of aryl methyl sites for hydroxylation is 1. The second-order valence-electron chi connectivity index (χ2n) is 5.44. The smallest absolute Gasteiger partial charge is 0.258 e. The molecule has 1 heterocycles. The van der Waals surface area contributed by atoms with Gasteiger partial charge in [0.15, 0.2) is 0 Å². The molecule has 0 radical (unpaired) electrons. The molecule has 0 saturated heterocycles. The van der Waals surface area contributed by atoms with Gasteiger partial charge in [-0.1, -0.05) is 30.3 Å². The van der Waals surface area contributed by atoms with Crippen LogP contribution >= 0.6 is 0 Å². The third-order valence-corrected chi connectivity index (χ3v) is 3.72. The van der Waals surface area contributed by atoms with Crippen LogP contribution in [0, 0.1) is 0 Å². The van der Waals surface area contributed by atoms with Crippen molar-refractivity contribution in [3.8, 4) is 5.75 Å². The Hall–Kier alpha value is -3.15. The maximum absolute atomic E-state index is 12.0. The van der Waals surface area contributed by atoms with Crippen LogP contribution in [0.15, 0.2) is 53.3 Å². The summed E-state index contributed by atoms with van der Waals surface area (Å²) in [6.45, 7) is 0.257. The lowest BCUT2D eigenvalue weighted by molar-refractivity contribution is -0.121. The molecule has 6 nitrogen and oxygen atoms in total. The Kier molecular flexibility index (Phi) is 4.56. The molecule has 3 rings (SSSR count). The first-order valence-corrected chi connectivity index (χ1v) is 7.65. The number of fused-ring (bicyclic) bond motifs is 1. The van der Waals surface area contributed by atoms with Crippen LogP contribution in [-0.2, 0) is 17.8 Å². The van der Waals surface area contributed by atoms with Gasteiger partial charge in [-0.15, -0.1) is 0 Å². The summed E-state index contributed by atoms with van der Waals surface area (Å²) < 4.78 is 0. The van der Waals surface area contributed by atoms with Gasteiger partial charge in [0.05, 0.1) is 10.9 Å². The number of hydrogen-bond donors (Lipinski definition) is 3. The topological polar surface area (TPSA) is 95.1 Å². The van der Waals surface area contributed by atoms with Gasteiger partial charge in [0, 0.05) is 24.9 Å². The van der Waals surface area contributed by atoms with Crippen LogP contribution in [0.4, 0.5) is 0 Å². The van der Waals surface area contributed by atoms with Crippen LogP contribution in [0.2, 0.25) is 0 Å². The van der Waals surface area contributed by atoms with Crippen molar-refractivity contribution in [2.75, 3.05) is 0 Å². The van der Waals surface area contributed by atoms with Crippen LogP contribution in [0.25, 0.3) is 10.9 Å². The molecule has 0 aliphatic heterocycles. The zero-order valence-corrected chi connectivity index (χ0v) is 13.0. The summed E-state index contributed by atoms with van der Waals surface area (Å²) in [7, 11) is 0. The van der Waals surface area contributed by atoms with Crippen LogP contribution in [0.1, 0.15) is 17.8 Å². The minimum absolute atomic E-state index is 0.151. The third kappa shape index (κ3) is 3.60. The van der Waals surface area contributed by atoms with Gasteiger partial charge in [-0.3, -0.25) is 9.59 Å². The molecule has 0 aliphatic carbocycles. The summed E-state index contributed by atoms with van der Waals surface area (Å²) in [5, 5.41) is 12.9. The number of carbonyl (C=O) groups excluding carboxylic acids is 1. The van der Waals surface area contributed by atoms with Gasteiger partial charge in [-0.25, -0.2) is 4.98 Å². The highest BCUT2D eigenvalue weighted by atomic mass is 16.3. The summed E-state index contributed by atoms with van der Waals surface area (Å²) in [4.78, 5) is 31.0. The van der Waals surface area contributed by atoms with E-state index >= 15 is 0 Å². The number of rotatable bonds is 5. The number of benzene rings is 2. The van der Waals surface area contributed by atoms with E-state index in [9.17, 15) is 14.7 Å². The number of carbonyl (C=O) groups is 1. The molecule has 24 heavy (non-hydrogen) atoms. The summed E-state index contributed by atoms with van der Waals surface area (Å²) in [6.07, 6.45) is 0.543. The molecule has 0 atom stereocenters. The van der Waals surface area contributed by atoms with Gasteiger partial charge in [0.25, 0.3) is 5.56 Å². The lowest BCUT2D eigenvalue weighted by Crippen LogP contribution is -2.23. The standard InChI is InChI=1S/C18H17N3O3/c22-15-8-4-1-5-12(15)11-19-17(23)10-9-16-20-14-7-3-2-6-13(14)18(24)21-16/h1-8,22H,9-11H2,(H,19,23)(H,20,21,24). The molecule has 1 amide bonds. The number of nitrogens with one attached hydrogen (secondary N) is 2. The SMILES string of the molecule is O=C(CCc1nc2ccccc2c(=O)[nH]1)NCc1ccccc1O.